The van der Waals surface area contributed by atoms with E-state index >= 15 is 0 Å². The van der Waals surface area contributed by atoms with Gasteiger partial charge in [-0.3, -0.25) is 10.1 Å². The van der Waals surface area contributed by atoms with Crippen LogP contribution in [-0.2, 0) is 0 Å². The Morgan fingerprint density at radius 1 is 1.21 bits per heavy atom. The van der Waals surface area contributed by atoms with Crippen LogP contribution in [0.3, 0.4) is 0 Å². The third-order valence-electron chi connectivity index (χ3n) is 2.04. The second-order valence-corrected chi connectivity index (χ2v) is 3.65. The van der Waals surface area contributed by atoms with Crippen LogP contribution >= 0.6 is 23.2 Å². The number of rotatable bonds is 1. The van der Waals surface area contributed by atoms with Crippen molar-refractivity contribution in [1.82, 2.24) is 0 Å². The summed E-state index contributed by atoms with van der Waals surface area (Å²) < 4.78 is 0. The van der Waals surface area contributed by atoms with E-state index in [1.165, 1.54) is 6.92 Å². The fourth-order valence-corrected chi connectivity index (χ4v) is 1.69. The van der Waals surface area contributed by atoms with Gasteiger partial charge in [-0.2, -0.15) is 0 Å². The molecule has 1 aromatic rings. The molecule has 0 saturated carbocycles. The molecule has 0 radical (unpaired) electrons. The normalized spacial score (nSPS) is 10.3. The Hall–Kier alpha value is -1.00. The van der Waals surface area contributed by atoms with E-state index in [0.717, 1.165) is 0 Å². The first kappa shape index (κ1) is 11.1. The minimum absolute atomic E-state index is 0.0504. The van der Waals surface area contributed by atoms with Crippen molar-refractivity contribution >= 4 is 34.6 Å². The van der Waals surface area contributed by atoms with Gasteiger partial charge in [-0.05, 0) is 19.4 Å². The number of nitrogens with zero attached hydrogens (tertiary/aromatic N) is 1. The second kappa shape index (κ2) is 3.63. The van der Waals surface area contributed by atoms with Gasteiger partial charge in [0.15, 0.2) is 0 Å². The topological polar surface area (TPSA) is 69.2 Å². The van der Waals surface area contributed by atoms with Gasteiger partial charge in [0.2, 0.25) is 0 Å². The van der Waals surface area contributed by atoms with Crippen molar-refractivity contribution in [2.24, 2.45) is 0 Å². The van der Waals surface area contributed by atoms with Gasteiger partial charge in [-0.25, -0.2) is 0 Å². The van der Waals surface area contributed by atoms with Gasteiger partial charge < -0.3 is 5.73 Å². The molecule has 6 heteroatoms. The molecule has 76 valence electrons. The summed E-state index contributed by atoms with van der Waals surface area (Å²) in [7, 11) is 0. The molecule has 0 spiro atoms. The van der Waals surface area contributed by atoms with Gasteiger partial charge in [0, 0.05) is 5.56 Å². The molecule has 0 atom stereocenters. The first-order chi connectivity index (χ1) is 6.37. The smallest absolute Gasteiger partial charge is 0.292 e. The number of hydrogen-bond donors (Lipinski definition) is 1. The molecule has 2 N–H and O–H groups in total. The van der Waals surface area contributed by atoms with Crippen LogP contribution in [0.4, 0.5) is 11.4 Å². The summed E-state index contributed by atoms with van der Waals surface area (Å²) in [5.41, 5.74) is 6.46. The van der Waals surface area contributed by atoms with Crippen LogP contribution in [0.5, 0.6) is 0 Å². The summed E-state index contributed by atoms with van der Waals surface area (Å²) >= 11 is 11.6. The molecule has 0 heterocycles. The van der Waals surface area contributed by atoms with Gasteiger partial charge in [0.05, 0.1) is 15.6 Å². The van der Waals surface area contributed by atoms with Crippen molar-refractivity contribution in [3.8, 4) is 0 Å². The second-order valence-electron chi connectivity index (χ2n) is 2.90. The number of nitro groups is 1. The average molecular weight is 235 g/mol. The first-order valence-electron chi connectivity index (χ1n) is 3.76. The van der Waals surface area contributed by atoms with Crippen LogP contribution in [0.15, 0.2) is 0 Å². The number of hydrogen-bond acceptors (Lipinski definition) is 3. The molecule has 1 aromatic carbocycles. The third-order valence-corrected chi connectivity index (χ3v) is 2.99. The molecular formula is C8H8Cl2N2O2. The summed E-state index contributed by atoms with van der Waals surface area (Å²) in [6.07, 6.45) is 0. The van der Waals surface area contributed by atoms with Crippen molar-refractivity contribution in [2.45, 2.75) is 13.8 Å². The van der Waals surface area contributed by atoms with Crippen LogP contribution < -0.4 is 5.73 Å². The lowest BCUT2D eigenvalue weighted by Gasteiger charge is -2.09. The summed E-state index contributed by atoms with van der Waals surface area (Å²) in [5.74, 6) is 0. The number of nitro benzene ring substituents is 1. The maximum absolute atomic E-state index is 10.7. The Morgan fingerprint density at radius 3 is 2.14 bits per heavy atom. The number of nitrogens with two attached hydrogens (primary N) is 1. The van der Waals surface area contributed by atoms with Gasteiger partial charge >= 0.3 is 0 Å². The Kier molecular flexibility index (Phi) is 2.87. The van der Waals surface area contributed by atoms with E-state index < -0.39 is 4.92 Å². The van der Waals surface area contributed by atoms with Crippen molar-refractivity contribution < 1.29 is 4.92 Å². The highest BCUT2D eigenvalue weighted by atomic mass is 35.5. The van der Waals surface area contributed by atoms with Crippen molar-refractivity contribution in [1.29, 1.82) is 0 Å². The lowest BCUT2D eigenvalue weighted by Crippen LogP contribution is -2.00. The molecule has 0 aliphatic carbocycles. The quantitative estimate of drug-likeness (QED) is 0.461. The van der Waals surface area contributed by atoms with Crippen LogP contribution in [0.25, 0.3) is 0 Å². The number of halogens is 2. The predicted octanol–water partition coefficient (Wildman–Crippen LogP) is 3.10. The molecular weight excluding hydrogens is 227 g/mol. The summed E-state index contributed by atoms with van der Waals surface area (Å²) in [6, 6.07) is 0. The van der Waals surface area contributed by atoms with E-state index in [9.17, 15) is 10.1 Å². The lowest BCUT2D eigenvalue weighted by atomic mass is 10.1. The molecule has 0 amide bonds. The molecule has 0 unspecified atom stereocenters. The van der Waals surface area contributed by atoms with Crippen LogP contribution in [0.2, 0.25) is 10.0 Å². The van der Waals surface area contributed by atoms with E-state index in [1.807, 2.05) is 0 Å². The van der Waals surface area contributed by atoms with Crippen LogP contribution in [0, 0.1) is 24.0 Å². The van der Waals surface area contributed by atoms with Crippen LogP contribution in [0.1, 0.15) is 11.1 Å². The molecule has 4 nitrogen and oxygen atoms in total. The highest BCUT2D eigenvalue weighted by Gasteiger charge is 2.23. The number of anilines is 1. The zero-order valence-electron chi connectivity index (χ0n) is 7.60. The zero-order chi connectivity index (χ0) is 11.0. The Morgan fingerprint density at radius 2 is 1.71 bits per heavy atom. The lowest BCUT2D eigenvalue weighted by molar-refractivity contribution is -0.385. The number of benzene rings is 1. The fraction of sp³-hybridized carbons (Fsp3) is 0.250. The van der Waals surface area contributed by atoms with Crippen LogP contribution in [-0.4, -0.2) is 4.92 Å². The number of nitrogen functional groups attached to an aromatic ring is 1. The summed E-state index contributed by atoms with van der Waals surface area (Å²) in [6.45, 7) is 3.11. The van der Waals surface area contributed by atoms with E-state index in [1.54, 1.807) is 6.92 Å². The van der Waals surface area contributed by atoms with Crippen molar-refractivity contribution in [3.63, 3.8) is 0 Å². The molecule has 0 saturated heterocycles. The molecule has 0 bridgehead atoms. The highest BCUT2D eigenvalue weighted by molar-refractivity contribution is 6.38. The van der Waals surface area contributed by atoms with E-state index in [2.05, 4.69) is 0 Å². The molecule has 0 aliphatic rings. The highest BCUT2D eigenvalue weighted by Crippen LogP contribution is 2.40. The molecule has 1 rings (SSSR count). The SMILES string of the molecule is Cc1c(N)c(Cl)c(C)c([N+](=O)[O-])c1Cl. The van der Waals surface area contributed by atoms with Gasteiger partial charge in [0.1, 0.15) is 5.02 Å². The van der Waals surface area contributed by atoms with E-state index in [4.69, 9.17) is 28.9 Å². The first-order valence-corrected chi connectivity index (χ1v) is 4.51. The average Bonchev–Trinajstić information content (AvgIpc) is 2.11. The molecule has 14 heavy (non-hydrogen) atoms. The minimum atomic E-state index is -0.560. The Labute approximate surface area is 90.8 Å². The Bertz CT molecular complexity index is 389. The standard InChI is InChI=1S/C8H8Cl2N2O2/c1-3-6(10)8(12(13)14)4(2)5(9)7(3)11/h11H2,1-2H3. The summed E-state index contributed by atoms with van der Waals surface area (Å²) in [5, 5.41) is 10.9. The monoisotopic (exact) mass is 234 g/mol. The fourth-order valence-electron chi connectivity index (χ4n) is 1.15. The maximum atomic E-state index is 10.7. The van der Waals surface area contributed by atoms with E-state index in [0.29, 0.717) is 16.8 Å². The van der Waals surface area contributed by atoms with Gasteiger partial charge in [0.25, 0.3) is 5.69 Å². The Balaban J connectivity index is 3.68. The molecule has 0 aliphatic heterocycles. The van der Waals surface area contributed by atoms with Gasteiger partial charge in [-0.1, -0.05) is 23.2 Å². The summed E-state index contributed by atoms with van der Waals surface area (Å²) in [4.78, 5) is 10.1. The minimum Gasteiger partial charge on any atom is -0.397 e. The van der Waals surface area contributed by atoms with Crippen molar-refractivity contribution in [3.05, 3.63) is 31.3 Å². The zero-order valence-corrected chi connectivity index (χ0v) is 9.11. The van der Waals surface area contributed by atoms with E-state index in [-0.39, 0.29) is 15.7 Å². The van der Waals surface area contributed by atoms with Crippen molar-refractivity contribution in [2.75, 3.05) is 5.73 Å². The van der Waals surface area contributed by atoms with Gasteiger partial charge in [-0.15, -0.1) is 0 Å². The maximum Gasteiger partial charge on any atom is 0.292 e. The largest absolute Gasteiger partial charge is 0.397 e. The predicted molar refractivity (Wildman–Crippen MR) is 57.0 cm³/mol. The third kappa shape index (κ3) is 1.51. The molecule has 0 aromatic heterocycles. The molecule has 0 fully saturated rings.